The van der Waals surface area contributed by atoms with Crippen LogP contribution in [0, 0.1) is 11.8 Å². The molecule has 15 heavy (non-hydrogen) atoms. The summed E-state index contributed by atoms with van der Waals surface area (Å²) in [5.74, 6) is 2.43. The molecule has 0 fully saturated rings. The summed E-state index contributed by atoms with van der Waals surface area (Å²) < 4.78 is 5.42. The third-order valence-corrected chi connectivity index (χ3v) is 4.90. The van der Waals surface area contributed by atoms with Crippen LogP contribution in [-0.4, -0.2) is 7.11 Å². The van der Waals surface area contributed by atoms with Gasteiger partial charge in [-0.3, -0.25) is 0 Å². The molecule has 1 aromatic rings. The molecule has 0 amide bonds. The van der Waals surface area contributed by atoms with Crippen LogP contribution in [0.25, 0.3) is 0 Å². The number of hydrogen-bond donors (Lipinski definition) is 0. The van der Waals surface area contributed by atoms with Crippen molar-refractivity contribution in [2.45, 2.75) is 25.1 Å². The van der Waals surface area contributed by atoms with Gasteiger partial charge in [-0.05, 0) is 35.4 Å². The first-order valence-corrected chi connectivity index (χ1v) is 6.36. The number of methoxy groups -OCH3 is 1. The maximum absolute atomic E-state index is 5.42. The standard InChI is InChI=1S/C13H17BrO/c1-8-7-11-10(13(14)9(8)2)5-4-6-12(11)15-3/h4-6,8-9,13H,7H2,1-3H3. The number of halogens is 1. The topological polar surface area (TPSA) is 9.23 Å². The molecule has 82 valence electrons. The monoisotopic (exact) mass is 268 g/mol. The average Bonchev–Trinajstić information content (AvgIpc) is 2.25. The van der Waals surface area contributed by atoms with Crippen LogP contribution in [0.1, 0.15) is 29.8 Å². The van der Waals surface area contributed by atoms with E-state index in [0.29, 0.717) is 16.7 Å². The fourth-order valence-electron chi connectivity index (χ4n) is 2.33. The zero-order chi connectivity index (χ0) is 11.0. The molecule has 3 atom stereocenters. The molecular formula is C13H17BrO. The van der Waals surface area contributed by atoms with Gasteiger partial charge in [-0.25, -0.2) is 0 Å². The number of hydrogen-bond acceptors (Lipinski definition) is 1. The molecule has 2 rings (SSSR count). The minimum atomic E-state index is 0.464. The van der Waals surface area contributed by atoms with Crippen molar-refractivity contribution in [3.63, 3.8) is 0 Å². The van der Waals surface area contributed by atoms with Crippen molar-refractivity contribution in [1.82, 2.24) is 0 Å². The van der Waals surface area contributed by atoms with Gasteiger partial charge in [0.15, 0.2) is 0 Å². The van der Waals surface area contributed by atoms with Gasteiger partial charge in [0.25, 0.3) is 0 Å². The molecule has 1 nitrogen and oxygen atoms in total. The van der Waals surface area contributed by atoms with Gasteiger partial charge in [0, 0.05) is 4.83 Å². The predicted molar refractivity (Wildman–Crippen MR) is 66.7 cm³/mol. The predicted octanol–water partition coefficient (Wildman–Crippen LogP) is 3.96. The van der Waals surface area contributed by atoms with E-state index in [1.807, 2.05) is 0 Å². The van der Waals surface area contributed by atoms with Gasteiger partial charge in [0.2, 0.25) is 0 Å². The summed E-state index contributed by atoms with van der Waals surface area (Å²) in [6.07, 6.45) is 1.13. The number of ether oxygens (including phenoxy) is 1. The van der Waals surface area contributed by atoms with Gasteiger partial charge in [0.1, 0.15) is 5.75 Å². The highest BCUT2D eigenvalue weighted by molar-refractivity contribution is 9.09. The van der Waals surface area contributed by atoms with E-state index in [9.17, 15) is 0 Å². The maximum atomic E-state index is 5.42. The fraction of sp³-hybridized carbons (Fsp3) is 0.538. The van der Waals surface area contributed by atoms with Crippen molar-refractivity contribution in [2.24, 2.45) is 11.8 Å². The molecule has 0 aromatic heterocycles. The number of alkyl halides is 1. The molecule has 1 aromatic carbocycles. The fourth-order valence-corrected chi connectivity index (χ4v) is 3.28. The van der Waals surface area contributed by atoms with E-state index in [2.05, 4.69) is 48.0 Å². The molecular weight excluding hydrogens is 252 g/mol. The Balaban J connectivity index is 2.49. The van der Waals surface area contributed by atoms with E-state index >= 15 is 0 Å². The van der Waals surface area contributed by atoms with Crippen LogP contribution in [0.3, 0.4) is 0 Å². The zero-order valence-corrected chi connectivity index (χ0v) is 11.0. The first-order valence-electron chi connectivity index (χ1n) is 5.45. The van der Waals surface area contributed by atoms with Gasteiger partial charge < -0.3 is 4.74 Å². The van der Waals surface area contributed by atoms with Crippen molar-refractivity contribution in [1.29, 1.82) is 0 Å². The van der Waals surface area contributed by atoms with Crippen molar-refractivity contribution >= 4 is 15.9 Å². The van der Waals surface area contributed by atoms with Crippen LogP contribution < -0.4 is 4.74 Å². The summed E-state index contributed by atoms with van der Waals surface area (Å²) >= 11 is 3.80. The Morgan fingerprint density at radius 3 is 2.73 bits per heavy atom. The van der Waals surface area contributed by atoms with E-state index in [0.717, 1.165) is 12.2 Å². The Hall–Kier alpha value is -0.500. The molecule has 0 saturated carbocycles. The van der Waals surface area contributed by atoms with Crippen molar-refractivity contribution < 1.29 is 4.74 Å². The van der Waals surface area contributed by atoms with Crippen LogP contribution in [0.2, 0.25) is 0 Å². The van der Waals surface area contributed by atoms with E-state index < -0.39 is 0 Å². The zero-order valence-electron chi connectivity index (χ0n) is 9.46. The summed E-state index contributed by atoms with van der Waals surface area (Å²) in [6, 6.07) is 6.34. The van der Waals surface area contributed by atoms with Crippen LogP contribution in [0.15, 0.2) is 18.2 Å². The summed E-state index contributed by atoms with van der Waals surface area (Å²) in [7, 11) is 1.75. The Kier molecular flexibility index (Phi) is 3.06. The van der Waals surface area contributed by atoms with Crippen molar-refractivity contribution in [3.05, 3.63) is 29.3 Å². The van der Waals surface area contributed by atoms with Gasteiger partial charge in [-0.1, -0.05) is 41.9 Å². The van der Waals surface area contributed by atoms with E-state index in [4.69, 9.17) is 4.74 Å². The van der Waals surface area contributed by atoms with E-state index in [1.54, 1.807) is 7.11 Å². The van der Waals surface area contributed by atoms with Crippen molar-refractivity contribution in [3.8, 4) is 5.75 Å². The lowest BCUT2D eigenvalue weighted by atomic mass is 9.77. The SMILES string of the molecule is COc1cccc2c1CC(C)C(C)C2Br. The molecule has 0 N–H and O–H groups in total. The first-order chi connectivity index (χ1) is 7.15. The van der Waals surface area contributed by atoms with Crippen LogP contribution in [0.4, 0.5) is 0 Å². The normalized spacial score (nSPS) is 29.7. The minimum absolute atomic E-state index is 0.464. The molecule has 0 aliphatic heterocycles. The molecule has 0 saturated heterocycles. The van der Waals surface area contributed by atoms with Gasteiger partial charge in [0.05, 0.1) is 7.11 Å². The van der Waals surface area contributed by atoms with Gasteiger partial charge in [-0.15, -0.1) is 0 Å². The van der Waals surface area contributed by atoms with Gasteiger partial charge in [-0.2, -0.15) is 0 Å². The number of benzene rings is 1. The minimum Gasteiger partial charge on any atom is -0.496 e. The second-order valence-electron chi connectivity index (χ2n) is 4.47. The molecule has 2 heteroatoms. The van der Waals surface area contributed by atoms with Crippen LogP contribution >= 0.6 is 15.9 Å². The third kappa shape index (κ3) is 1.80. The molecule has 0 spiro atoms. The summed E-state index contributed by atoms with van der Waals surface area (Å²) in [5, 5.41) is 0. The summed E-state index contributed by atoms with van der Waals surface area (Å²) in [6.45, 7) is 4.63. The molecule has 0 heterocycles. The van der Waals surface area contributed by atoms with E-state index in [1.165, 1.54) is 11.1 Å². The Bertz CT molecular complexity index is 362. The lowest BCUT2D eigenvalue weighted by Gasteiger charge is -2.33. The average molecular weight is 269 g/mol. The summed E-state index contributed by atoms with van der Waals surface area (Å²) in [5.41, 5.74) is 2.78. The highest BCUT2D eigenvalue weighted by atomic mass is 79.9. The quantitative estimate of drug-likeness (QED) is 0.701. The number of rotatable bonds is 1. The van der Waals surface area contributed by atoms with Crippen LogP contribution in [-0.2, 0) is 6.42 Å². The van der Waals surface area contributed by atoms with Crippen LogP contribution in [0.5, 0.6) is 5.75 Å². The Morgan fingerprint density at radius 1 is 1.33 bits per heavy atom. The first kappa shape index (κ1) is 11.0. The van der Waals surface area contributed by atoms with Crippen molar-refractivity contribution in [2.75, 3.05) is 7.11 Å². The third-order valence-electron chi connectivity index (χ3n) is 3.57. The smallest absolute Gasteiger partial charge is 0.122 e. The molecule has 0 bridgehead atoms. The lowest BCUT2D eigenvalue weighted by Crippen LogP contribution is -2.23. The highest BCUT2D eigenvalue weighted by Gasteiger charge is 2.31. The molecule has 3 unspecified atom stereocenters. The second kappa shape index (κ2) is 4.17. The molecule has 0 radical (unpaired) electrons. The number of fused-ring (bicyclic) bond motifs is 1. The lowest BCUT2D eigenvalue weighted by molar-refractivity contribution is 0.343. The van der Waals surface area contributed by atoms with Gasteiger partial charge >= 0.3 is 0 Å². The molecule has 1 aliphatic rings. The second-order valence-corrected chi connectivity index (χ2v) is 5.46. The largest absolute Gasteiger partial charge is 0.496 e. The maximum Gasteiger partial charge on any atom is 0.122 e. The highest BCUT2D eigenvalue weighted by Crippen LogP contribution is 2.45. The Morgan fingerprint density at radius 2 is 2.07 bits per heavy atom. The molecule has 1 aliphatic carbocycles. The summed E-state index contributed by atoms with van der Waals surface area (Å²) in [4.78, 5) is 0.464. The van der Waals surface area contributed by atoms with E-state index in [-0.39, 0.29) is 0 Å². The Labute approximate surface area is 100.0 Å².